The van der Waals surface area contributed by atoms with Crippen LogP contribution in [0.2, 0.25) is 0 Å². The molecule has 19 heavy (non-hydrogen) atoms. The van der Waals surface area contributed by atoms with E-state index < -0.39 is 0 Å². The monoisotopic (exact) mass is 269 g/mol. The molecule has 0 aliphatic carbocycles. The second-order valence-electron chi connectivity index (χ2n) is 6.75. The van der Waals surface area contributed by atoms with Crippen LogP contribution in [0.5, 0.6) is 0 Å². The van der Waals surface area contributed by atoms with E-state index >= 15 is 0 Å². The van der Waals surface area contributed by atoms with Gasteiger partial charge in [-0.25, -0.2) is 0 Å². The fourth-order valence-electron chi connectivity index (χ4n) is 3.09. The maximum Gasteiger partial charge on any atom is 0.0641 e. The molecule has 0 saturated carbocycles. The van der Waals surface area contributed by atoms with Crippen molar-refractivity contribution in [2.24, 2.45) is 0 Å². The predicted octanol–water partition coefficient (Wildman–Crippen LogP) is 1.17. The minimum absolute atomic E-state index is 0.0629. The SMILES string of the molecule is CN1CCN(CCCNC2CCOC(C)(C)C2)CC1. The summed E-state index contributed by atoms with van der Waals surface area (Å²) in [5.41, 5.74) is 0.0629. The molecule has 0 amide bonds. The van der Waals surface area contributed by atoms with Crippen molar-refractivity contribution >= 4 is 0 Å². The molecule has 2 saturated heterocycles. The number of likely N-dealkylation sites (N-methyl/N-ethyl adjacent to an activating group) is 1. The standard InChI is InChI=1S/C15H31N3O/c1-15(2)13-14(5-12-19-15)16-6-4-7-18-10-8-17(3)9-11-18/h14,16H,4-13H2,1-3H3. The smallest absolute Gasteiger partial charge is 0.0641 e. The number of hydrogen-bond donors (Lipinski definition) is 1. The van der Waals surface area contributed by atoms with E-state index in [1.807, 2.05) is 0 Å². The third kappa shape index (κ3) is 5.38. The Kier molecular flexibility index (Phi) is 5.63. The van der Waals surface area contributed by atoms with Crippen LogP contribution in [-0.2, 0) is 4.74 Å². The van der Waals surface area contributed by atoms with E-state index in [0.29, 0.717) is 6.04 Å². The molecule has 1 N–H and O–H groups in total. The molecular weight excluding hydrogens is 238 g/mol. The van der Waals surface area contributed by atoms with Gasteiger partial charge in [0.1, 0.15) is 0 Å². The first-order chi connectivity index (χ1) is 9.05. The van der Waals surface area contributed by atoms with Gasteiger partial charge in [-0.3, -0.25) is 0 Å². The normalized spacial score (nSPS) is 29.5. The van der Waals surface area contributed by atoms with E-state index in [1.165, 1.54) is 39.1 Å². The van der Waals surface area contributed by atoms with Crippen LogP contribution in [-0.4, -0.2) is 74.4 Å². The Morgan fingerprint density at radius 1 is 1.21 bits per heavy atom. The molecule has 2 heterocycles. The van der Waals surface area contributed by atoms with Gasteiger partial charge in [0.15, 0.2) is 0 Å². The minimum Gasteiger partial charge on any atom is -0.375 e. The van der Waals surface area contributed by atoms with Gasteiger partial charge in [-0.05, 0) is 53.2 Å². The minimum atomic E-state index is 0.0629. The molecule has 0 radical (unpaired) electrons. The zero-order valence-corrected chi connectivity index (χ0v) is 13.0. The summed E-state index contributed by atoms with van der Waals surface area (Å²) >= 11 is 0. The van der Waals surface area contributed by atoms with Crippen LogP contribution in [0.25, 0.3) is 0 Å². The highest BCUT2D eigenvalue weighted by Gasteiger charge is 2.28. The zero-order chi connectivity index (χ0) is 13.7. The average molecular weight is 269 g/mol. The molecule has 0 aromatic carbocycles. The molecule has 0 aromatic heterocycles. The van der Waals surface area contributed by atoms with Crippen molar-refractivity contribution in [1.29, 1.82) is 0 Å². The van der Waals surface area contributed by atoms with Crippen LogP contribution in [0.1, 0.15) is 33.1 Å². The van der Waals surface area contributed by atoms with E-state index in [2.05, 4.69) is 36.0 Å². The van der Waals surface area contributed by atoms with E-state index in [-0.39, 0.29) is 5.60 Å². The highest BCUT2D eigenvalue weighted by molar-refractivity contribution is 4.83. The molecule has 4 heteroatoms. The number of nitrogens with zero attached hydrogens (tertiary/aromatic N) is 2. The van der Waals surface area contributed by atoms with E-state index in [4.69, 9.17) is 4.74 Å². The Bertz CT molecular complexity index is 262. The zero-order valence-electron chi connectivity index (χ0n) is 13.0. The lowest BCUT2D eigenvalue weighted by Crippen LogP contribution is -2.46. The average Bonchev–Trinajstić information content (AvgIpc) is 2.36. The van der Waals surface area contributed by atoms with Gasteiger partial charge >= 0.3 is 0 Å². The summed E-state index contributed by atoms with van der Waals surface area (Å²) in [5, 5.41) is 3.71. The Balaban J connectivity index is 1.54. The molecule has 2 rings (SSSR count). The molecule has 0 aromatic rings. The highest BCUT2D eigenvalue weighted by atomic mass is 16.5. The highest BCUT2D eigenvalue weighted by Crippen LogP contribution is 2.23. The van der Waals surface area contributed by atoms with Gasteiger partial charge in [-0.2, -0.15) is 0 Å². The lowest BCUT2D eigenvalue weighted by Gasteiger charge is -2.36. The maximum atomic E-state index is 5.75. The Morgan fingerprint density at radius 3 is 2.63 bits per heavy atom. The van der Waals surface area contributed by atoms with Crippen LogP contribution in [0.15, 0.2) is 0 Å². The number of piperazine rings is 1. The fourth-order valence-corrected chi connectivity index (χ4v) is 3.09. The van der Waals surface area contributed by atoms with Crippen LogP contribution >= 0.6 is 0 Å². The summed E-state index contributed by atoms with van der Waals surface area (Å²) in [6.07, 6.45) is 3.57. The van der Waals surface area contributed by atoms with Gasteiger partial charge in [0.05, 0.1) is 5.60 Å². The molecule has 2 fully saturated rings. The van der Waals surface area contributed by atoms with Gasteiger partial charge in [0.2, 0.25) is 0 Å². The third-order valence-corrected chi connectivity index (χ3v) is 4.38. The van der Waals surface area contributed by atoms with Gasteiger partial charge in [0, 0.05) is 38.8 Å². The Morgan fingerprint density at radius 2 is 1.95 bits per heavy atom. The topological polar surface area (TPSA) is 27.7 Å². The Hall–Kier alpha value is -0.160. The molecule has 112 valence electrons. The van der Waals surface area contributed by atoms with Crippen LogP contribution in [0.3, 0.4) is 0 Å². The van der Waals surface area contributed by atoms with Gasteiger partial charge in [-0.1, -0.05) is 0 Å². The van der Waals surface area contributed by atoms with Crippen LogP contribution in [0.4, 0.5) is 0 Å². The van der Waals surface area contributed by atoms with Gasteiger partial charge in [-0.15, -0.1) is 0 Å². The maximum absolute atomic E-state index is 5.75. The van der Waals surface area contributed by atoms with Crippen molar-refractivity contribution in [3.63, 3.8) is 0 Å². The van der Waals surface area contributed by atoms with Crippen molar-refractivity contribution < 1.29 is 4.74 Å². The summed E-state index contributed by atoms with van der Waals surface area (Å²) in [5.74, 6) is 0. The third-order valence-electron chi connectivity index (χ3n) is 4.38. The van der Waals surface area contributed by atoms with Crippen LogP contribution < -0.4 is 5.32 Å². The van der Waals surface area contributed by atoms with Crippen molar-refractivity contribution in [2.75, 3.05) is 52.9 Å². The molecular formula is C15H31N3O. The molecule has 0 spiro atoms. The first kappa shape index (κ1) is 15.2. The van der Waals surface area contributed by atoms with E-state index in [0.717, 1.165) is 26.0 Å². The van der Waals surface area contributed by atoms with Crippen molar-refractivity contribution in [1.82, 2.24) is 15.1 Å². The summed E-state index contributed by atoms with van der Waals surface area (Å²) in [6, 6.07) is 0.649. The molecule has 1 atom stereocenters. The quantitative estimate of drug-likeness (QED) is 0.758. The number of ether oxygens (including phenoxy) is 1. The number of rotatable bonds is 5. The van der Waals surface area contributed by atoms with Crippen LogP contribution in [0, 0.1) is 0 Å². The molecule has 0 bridgehead atoms. The summed E-state index contributed by atoms with van der Waals surface area (Å²) < 4.78 is 5.75. The summed E-state index contributed by atoms with van der Waals surface area (Å²) in [4.78, 5) is 5.01. The van der Waals surface area contributed by atoms with Crippen molar-refractivity contribution in [3.8, 4) is 0 Å². The van der Waals surface area contributed by atoms with Gasteiger partial charge in [0.25, 0.3) is 0 Å². The first-order valence-electron chi connectivity index (χ1n) is 7.83. The van der Waals surface area contributed by atoms with Crippen molar-refractivity contribution in [3.05, 3.63) is 0 Å². The number of hydrogen-bond acceptors (Lipinski definition) is 4. The molecule has 2 aliphatic heterocycles. The fraction of sp³-hybridized carbons (Fsp3) is 1.00. The second kappa shape index (κ2) is 7.02. The predicted molar refractivity (Wildman–Crippen MR) is 79.6 cm³/mol. The van der Waals surface area contributed by atoms with Crippen molar-refractivity contribution in [2.45, 2.75) is 44.8 Å². The first-order valence-corrected chi connectivity index (χ1v) is 7.83. The lowest BCUT2D eigenvalue weighted by atomic mass is 9.94. The molecule has 2 aliphatic rings. The Labute approximate surface area is 118 Å². The van der Waals surface area contributed by atoms with Gasteiger partial charge < -0.3 is 19.9 Å². The molecule has 1 unspecified atom stereocenters. The summed E-state index contributed by atoms with van der Waals surface area (Å²) in [7, 11) is 2.21. The lowest BCUT2D eigenvalue weighted by molar-refractivity contribution is -0.0628. The largest absolute Gasteiger partial charge is 0.375 e. The van der Waals surface area contributed by atoms with E-state index in [9.17, 15) is 0 Å². The summed E-state index contributed by atoms with van der Waals surface area (Å²) in [6.45, 7) is 12.6. The second-order valence-corrected chi connectivity index (χ2v) is 6.75. The molecule has 4 nitrogen and oxygen atoms in total. The van der Waals surface area contributed by atoms with E-state index in [1.54, 1.807) is 0 Å². The number of nitrogens with one attached hydrogen (secondary N) is 1.